The minimum Gasteiger partial charge on any atom is -0.343 e. The van der Waals surface area contributed by atoms with Crippen molar-refractivity contribution in [1.29, 1.82) is 0 Å². The third kappa shape index (κ3) is 3.52. The smallest absolute Gasteiger partial charge is 0.236 e. The molecule has 0 aliphatic carbocycles. The topological polar surface area (TPSA) is 36.9 Å². The van der Waals surface area contributed by atoms with E-state index in [2.05, 4.69) is 19.2 Å². The first-order chi connectivity index (χ1) is 9.49. The first-order valence-corrected chi connectivity index (χ1v) is 7.98. The summed E-state index contributed by atoms with van der Waals surface area (Å²) in [5, 5.41) is 2.21. The van der Waals surface area contributed by atoms with E-state index in [9.17, 15) is 9.18 Å². The molecule has 0 radical (unpaired) electrons. The molecule has 1 amide bonds. The summed E-state index contributed by atoms with van der Waals surface area (Å²) in [5.74, 6) is -0.0581. The molecular weight excluding hydrogens is 275 g/mol. The molecular formula is C15H22FN2OS+. The second-order valence-electron chi connectivity index (χ2n) is 5.48. The number of carbonyl (C=O) groups is 1. The standard InChI is InChI=1S/C15H21FN2OS/c1-10(2)17-8-9-18-14(19)11(3)20-15(18)12-4-6-13(16)7-5-12/h4-7,10-11,15,17H,8-9H2,1-3H3/p+1/t11-,15-/m0/s1. The van der Waals surface area contributed by atoms with Crippen LogP contribution in [0.1, 0.15) is 31.7 Å². The molecule has 1 aromatic carbocycles. The van der Waals surface area contributed by atoms with Crippen molar-refractivity contribution in [3.63, 3.8) is 0 Å². The maximum atomic E-state index is 13.0. The van der Waals surface area contributed by atoms with Crippen LogP contribution in [0.2, 0.25) is 0 Å². The largest absolute Gasteiger partial charge is 0.343 e. The molecule has 1 fully saturated rings. The Labute approximate surface area is 123 Å². The normalized spacial score (nSPS) is 22.9. The zero-order valence-corrected chi connectivity index (χ0v) is 13.0. The maximum absolute atomic E-state index is 13.0. The number of amides is 1. The highest BCUT2D eigenvalue weighted by molar-refractivity contribution is 8.01. The van der Waals surface area contributed by atoms with Gasteiger partial charge in [0, 0.05) is 0 Å². The molecule has 1 heterocycles. The Balaban J connectivity index is 2.09. The van der Waals surface area contributed by atoms with Crippen LogP contribution in [-0.4, -0.2) is 35.2 Å². The Kier molecular flexibility index (Phi) is 5.05. The molecule has 0 bridgehead atoms. The highest BCUT2D eigenvalue weighted by Crippen LogP contribution is 2.42. The van der Waals surface area contributed by atoms with Crippen molar-refractivity contribution in [1.82, 2.24) is 4.90 Å². The van der Waals surface area contributed by atoms with Crippen LogP contribution in [0.3, 0.4) is 0 Å². The number of benzene rings is 1. The number of nitrogens with two attached hydrogens (primary N) is 1. The minimum absolute atomic E-state index is 0.0127. The van der Waals surface area contributed by atoms with Crippen LogP contribution in [0.15, 0.2) is 24.3 Å². The molecule has 0 unspecified atom stereocenters. The van der Waals surface area contributed by atoms with Crippen LogP contribution in [0.5, 0.6) is 0 Å². The first kappa shape index (κ1) is 15.3. The lowest BCUT2D eigenvalue weighted by atomic mass is 10.2. The van der Waals surface area contributed by atoms with Gasteiger partial charge in [-0.2, -0.15) is 0 Å². The number of hydrogen-bond donors (Lipinski definition) is 1. The SMILES string of the molecule is CC(C)[NH2+]CCN1C(=O)[C@H](C)S[C@H]1c1ccc(F)cc1. The van der Waals surface area contributed by atoms with Crippen molar-refractivity contribution in [2.24, 2.45) is 0 Å². The summed E-state index contributed by atoms with van der Waals surface area (Å²) in [5.41, 5.74) is 0.999. The van der Waals surface area contributed by atoms with Gasteiger partial charge in [-0.25, -0.2) is 4.39 Å². The second-order valence-corrected chi connectivity index (χ2v) is 6.91. The monoisotopic (exact) mass is 297 g/mol. The molecule has 1 aliphatic rings. The van der Waals surface area contributed by atoms with E-state index in [4.69, 9.17) is 0 Å². The van der Waals surface area contributed by atoms with Crippen molar-refractivity contribution >= 4 is 17.7 Å². The number of halogens is 1. The van der Waals surface area contributed by atoms with Crippen molar-refractivity contribution in [3.05, 3.63) is 35.6 Å². The van der Waals surface area contributed by atoms with Crippen molar-refractivity contribution in [2.75, 3.05) is 13.1 Å². The van der Waals surface area contributed by atoms with E-state index in [1.54, 1.807) is 23.9 Å². The summed E-state index contributed by atoms with van der Waals surface area (Å²) < 4.78 is 13.0. The van der Waals surface area contributed by atoms with E-state index >= 15 is 0 Å². The van der Waals surface area contributed by atoms with E-state index in [1.165, 1.54) is 12.1 Å². The van der Waals surface area contributed by atoms with Crippen LogP contribution < -0.4 is 5.32 Å². The summed E-state index contributed by atoms with van der Waals surface area (Å²) in [7, 11) is 0. The van der Waals surface area contributed by atoms with E-state index < -0.39 is 0 Å². The molecule has 0 saturated carbocycles. The van der Waals surface area contributed by atoms with E-state index in [0.29, 0.717) is 6.04 Å². The zero-order chi connectivity index (χ0) is 14.7. The van der Waals surface area contributed by atoms with Gasteiger partial charge in [0.25, 0.3) is 0 Å². The van der Waals surface area contributed by atoms with Crippen LogP contribution in [0.25, 0.3) is 0 Å². The van der Waals surface area contributed by atoms with Gasteiger partial charge >= 0.3 is 0 Å². The first-order valence-electron chi connectivity index (χ1n) is 7.03. The molecule has 0 aromatic heterocycles. The van der Waals surface area contributed by atoms with Crippen LogP contribution in [0.4, 0.5) is 4.39 Å². The Bertz CT molecular complexity index is 463. The zero-order valence-electron chi connectivity index (χ0n) is 12.2. The lowest BCUT2D eigenvalue weighted by molar-refractivity contribution is -0.682. The number of nitrogens with zero attached hydrogens (tertiary/aromatic N) is 1. The molecule has 2 atom stereocenters. The van der Waals surface area contributed by atoms with E-state index in [1.807, 2.05) is 11.8 Å². The van der Waals surface area contributed by atoms with Crippen LogP contribution in [0, 0.1) is 5.82 Å². The van der Waals surface area contributed by atoms with Gasteiger partial charge in [0.1, 0.15) is 11.2 Å². The molecule has 110 valence electrons. The summed E-state index contributed by atoms with van der Waals surface area (Å²) >= 11 is 1.64. The van der Waals surface area contributed by atoms with Crippen LogP contribution in [-0.2, 0) is 4.79 Å². The average Bonchev–Trinajstić information content (AvgIpc) is 2.67. The summed E-state index contributed by atoms with van der Waals surface area (Å²) in [4.78, 5) is 14.2. The fourth-order valence-corrected chi connectivity index (χ4v) is 3.64. The number of quaternary nitrogens is 1. The Hall–Kier alpha value is -1.07. The summed E-state index contributed by atoms with van der Waals surface area (Å²) in [6.45, 7) is 7.85. The highest BCUT2D eigenvalue weighted by Gasteiger charge is 2.38. The summed E-state index contributed by atoms with van der Waals surface area (Å²) in [6.07, 6.45) is 0. The molecule has 3 nitrogen and oxygen atoms in total. The van der Waals surface area contributed by atoms with Gasteiger partial charge in [-0.3, -0.25) is 4.79 Å². The Morgan fingerprint density at radius 3 is 2.60 bits per heavy atom. The average molecular weight is 297 g/mol. The molecule has 1 aromatic rings. The van der Waals surface area contributed by atoms with Crippen LogP contribution >= 0.6 is 11.8 Å². The molecule has 5 heteroatoms. The van der Waals surface area contributed by atoms with Crippen molar-refractivity contribution in [3.8, 4) is 0 Å². The van der Waals surface area contributed by atoms with Gasteiger partial charge in [-0.05, 0) is 38.5 Å². The lowest BCUT2D eigenvalue weighted by Crippen LogP contribution is -2.89. The number of rotatable bonds is 5. The Morgan fingerprint density at radius 2 is 2.00 bits per heavy atom. The van der Waals surface area contributed by atoms with Crippen molar-refractivity contribution < 1.29 is 14.5 Å². The lowest BCUT2D eigenvalue weighted by Gasteiger charge is -2.23. The van der Waals surface area contributed by atoms with Gasteiger partial charge in [-0.15, -0.1) is 11.8 Å². The third-order valence-electron chi connectivity index (χ3n) is 3.41. The van der Waals surface area contributed by atoms with Crippen molar-refractivity contribution in [2.45, 2.75) is 37.4 Å². The minimum atomic E-state index is -0.240. The van der Waals surface area contributed by atoms with Gasteiger partial charge in [0.05, 0.1) is 24.4 Å². The molecule has 20 heavy (non-hydrogen) atoms. The fourth-order valence-electron chi connectivity index (χ4n) is 2.33. The number of thioether (sulfide) groups is 1. The quantitative estimate of drug-likeness (QED) is 0.899. The molecule has 1 saturated heterocycles. The Morgan fingerprint density at radius 1 is 1.35 bits per heavy atom. The van der Waals surface area contributed by atoms with Gasteiger partial charge in [0.2, 0.25) is 5.91 Å². The van der Waals surface area contributed by atoms with Gasteiger partial charge in [0.15, 0.2) is 0 Å². The predicted molar refractivity (Wildman–Crippen MR) is 79.8 cm³/mol. The molecule has 2 N–H and O–H groups in total. The fraction of sp³-hybridized carbons (Fsp3) is 0.533. The second kappa shape index (κ2) is 6.59. The van der Waals surface area contributed by atoms with E-state index in [0.717, 1.165) is 18.7 Å². The molecule has 0 spiro atoms. The van der Waals surface area contributed by atoms with Gasteiger partial charge < -0.3 is 10.2 Å². The maximum Gasteiger partial charge on any atom is 0.236 e. The van der Waals surface area contributed by atoms with E-state index in [-0.39, 0.29) is 22.3 Å². The molecule has 1 aliphatic heterocycles. The molecule has 2 rings (SSSR count). The predicted octanol–water partition coefficient (Wildman–Crippen LogP) is 1.76. The van der Waals surface area contributed by atoms with Gasteiger partial charge in [-0.1, -0.05) is 12.1 Å². The third-order valence-corrected chi connectivity index (χ3v) is 4.80. The number of carbonyl (C=O) groups excluding carboxylic acids is 1. The number of hydrogen-bond acceptors (Lipinski definition) is 2. The summed E-state index contributed by atoms with van der Waals surface area (Å²) in [6, 6.07) is 7.00. The highest BCUT2D eigenvalue weighted by atomic mass is 32.2.